The molecule has 1 amide bonds. The maximum absolute atomic E-state index is 12.8. The van der Waals surface area contributed by atoms with E-state index in [1.165, 1.54) is 0 Å². The number of benzene rings is 2. The fourth-order valence-corrected chi connectivity index (χ4v) is 3.89. The highest BCUT2D eigenvalue weighted by Gasteiger charge is 2.35. The minimum atomic E-state index is -1.02. The van der Waals surface area contributed by atoms with Crippen molar-refractivity contribution in [2.45, 2.75) is 32.8 Å². The van der Waals surface area contributed by atoms with Crippen LogP contribution >= 0.6 is 22.6 Å². The third kappa shape index (κ3) is 6.06. The first-order valence-corrected chi connectivity index (χ1v) is 11.0. The van der Waals surface area contributed by atoms with Crippen LogP contribution in [0.25, 0.3) is 0 Å². The van der Waals surface area contributed by atoms with Crippen LogP contribution in [-0.4, -0.2) is 29.1 Å². The Morgan fingerprint density at radius 1 is 1.22 bits per heavy atom. The summed E-state index contributed by atoms with van der Waals surface area (Å²) in [6, 6.07) is 10.1. The highest BCUT2D eigenvalue weighted by Crippen LogP contribution is 2.44. The summed E-state index contributed by atoms with van der Waals surface area (Å²) in [6.07, 6.45) is 2.15. The van der Waals surface area contributed by atoms with E-state index in [1.54, 1.807) is 42.5 Å². The van der Waals surface area contributed by atoms with E-state index in [1.807, 2.05) is 13.8 Å². The quantitative estimate of drug-likeness (QED) is 0.294. The van der Waals surface area contributed by atoms with Gasteiger partial charge < -0.3 is 24.4 Å². The molecule has 3 N–H and O–H groups in total. The van der Waals surface area contributed by atoms with E-state index in [9.17, 15) is 14.7 Å². The number of carbonyl (C=O) groups is 2. The van der Waals surface area contributed by atoms with Crippen LogP contribution in [0, 0.1) is 8.99 Å². The molecule has 1 atom stereocenters. The Labute approximate surface area is 199 Å². The summed E-state index contributed by atoms with van der Waals surface area (Å²) in [5.41, 5.74) is 0.341. The molecule has 0 unspecified atom stereocenters. The fourth-order valence-electron chi connectivity index (χ4n) is 3.38. The van der Waals surface area contributed by atoms with E-state index in [0.29, 0.717) is 35.6 Å². The first-order valence-electron chi connectivity index (χ1n) is 9.91. The Morgan fingerprint density at radius 2 is 1.97 bits per heavy atom. The van der Waals surface area contributed by atoms with Gasteiger partial charge in [-0.25, -0.2) is 9.59 Å². The second-order valence-electron chi connectivity index (χ2n) is 7.95. The minimum Gasteiger partial charge on any atom is -0.508 e. The Kier molecular flexibility index (Phi) is 7.49. The molecule has 2 aromatic carbocycles. The highest BCUT2D eigenvalue weighted by molar-refractivity contribution is 14.1. The van der Waals surface area contributed by atoms with Crippen molar-refractivity contribution < 1.29 is 34.0 Å². The van der Waals surface area contributed by atoms with Crippen molar-refractivity contribution in [2.75, 3.05) is 12.1 Å². The lowest BCUT2D eigenvalue weighted by Gasteiger charge is -2.34. The van der Waals surface area contributed by atoms with Crippen molar-refractivity contribution in [2.24, 2.45) is 5.41 Å². The zero-order valence-electron chi connectivity index (χ0n) is 17.6. The van der Waals surface area contributed by atoms with Crippen molar-refractivity contribution in [3.05, 3.63) is 57.7 Å². The van der Waals surface area contributed by atoms with Crippen LogP contribution in [0.1, 0.15) is 38.4 Å². The van der Waals surface area contributed by atoms with Gasteiger partial charge >= 0.3 is 12.1 Å². The Bertz CT molecular complexity index is 1040. The number of carboxylic acid groups (broad SMARTS) is 1. The monoisotopic (exact) mass is 553 g/mol. The number of fused-ring (bicyclic) bond motifs is 1. The third-order valence-corrected chi connectivity index (χ3v) is 5.71. The van der Waals surface area contributed by atoms with Gasteiger partial charge in [0.1, 0.15) is 11.9 Å². The number of ether oxygens (including phenoxy) is 3. The molecule has 0 bridgehead atoms. The topological polar surface area (TPSA) is 114 Å². The number of carboxylic acids is 1. The van der Waals surface area contributed by atoms with Crippen molar-refractivity contribution in [3.8, 4) is 17.2 Å². The van der Waals surface area contributed by atoms with Gasteiger partial charge in [0.2, 0.25) is 6.79 Å². The summed E-state index contributed by atoms with van der Waals surface area (Å²) in [5.74, 6) is 0.121. The number of rotatable bonds is 8. The van der Waals surface area contributed by atoms with Gasteiger partial charge in [-0.2, -0.15) is 0 Å². The summed E-state index contributed by atoms with van der Waals surface area (Å²) < 4.78 is 17.3. The molecule has 1 aliphatic rings. The molecule has 8 nitrogen and oxygen atoms in total. The van der Waals surface area contributed by atoms with E-state index in [4.69, 9.17) is 19.3 Å². The molecule has 0 radical (unpaired) electrons. The maximum Gasteiger partial charge on any atom is 0.412 e. The number of amides is 1. The second kappa shape index (κ2) is 10.1. The van der Waals surface area contributed by atoms with Crippen LogP contribution in [0.4, 0.5) is 10.5 Å². The number of hydrogen-bond acceptors (Lipinski definition) is 6. The standard InChI is InChI=1S/C23H24INO7/c1-23(2,10-4-3-5-20(27)28)21(16-11-14(24)6-8-17(16)26)32-22(29)25-15-7-9-18-19(12-15)31-13-30-18/h3,5-9,11-12,21,26H,4,10,13H2,1-2H3,(H,25,29)(H,27,28)/b5-3+/t21-/m0/s1. The van der Waals surface area contributed by atoms with Crippen LogP contribution in [0.15, 0.2) is 48.6 Å². The lowest BCUT2D eigenvalue weighted by molar-refractivity contribution is -0.131. The van der Waals surface area contributed by atoms with Crippen molar-refractivity contribution in [1.82, 2.24) is 0 Å². The molecule has 2 aromatic rings. The number of aliphatic carboxylic acids is 1. The molecule has 0 fully saturated rings. The summed E-state index contributed by atoms with van der Waals surface area (Å²) in [4.78, 5) is 23.5. The van der Waals surface area contributed by atoms with Crippen molar-refractivity contribution >= 4 is 40.3 Å². The number of nitrogens with one attached hydrogen (secondary N) is 1. The van der Waals surface area contributed by atoms with E-state index in [2.05, 4.69) is 27.9 Å². The molecule has 0 aromatic heterocycles. The van der Waals surface area contributed by atoms with Crippen molar-refractivity contribution in [1.29, 1.82) is 0 Å². The normalized spacial score (nSPS) is 13.7. The zero-order valence-corrected chi connectivity index (χ0v) is 19.8. The largest absolute Gasteiger partial charge is 0.508 e. The van der Waals surface area contributed by atoms with E-state index in [0.717, 1.165) is 9.65 Å². The van der Waals surface area contributed by atoms with Gasteiger partial charge in [-0.05, 0) is 65.8 Å². The number of phenolic OH excluding ortho intramolecular Hbond substituents is 1. The van der Waals surface area contributed by atoms with Gasteiger partial charge in [0.15, 0.2) is 11.5 Å². The molecular weight excluding hydrogens is 529 g/mol. The van der Waals surface area contributed by atoms with E-state index >= 15 is 0 Å². The van der Waals surface area contributed by atoms with Crippen LogP contribution in [-0.2, 0) is 9.53 Å². The highest BCUT2D eigenvalue weighted by atomic mass is 127. The Balaban J connectivity index is 1.80. The molecule has 0 saturated carbocycles. The Morgan fingerprint density at radius 3 is 2.72 bits per heavy atom. The number of aromatic hydroxyl groups is 1. The average molecular weight is 553 g/mol. The first kappa shape index (κ1) is 23.7. The predicted octanol–water partition coefficient (Wildman–Crippen LogP) is 5.46. The molecule has 170 valence electrons. The van der Waals surface area contributed by atoms with Gasteiger partial charge in [0.25, 0.3) is 0 Å². The molecule has 3 rings (SSSR count). The molecule has 9 heteroatoms. The summed E-state index contributed by atoms with van der Waals surface area (Å²) >= 11 is 2.13. The predicted molar refractivity (Wildman–Crippen MR) is 126 cm³/mol. The number of anilines is 1. The first-order chi connectivity index (χ1) is 15.2. The van der Waals surface area contributed by atoms with Crippen molar-refractivity contribution in [3.63, 3.8) is 0 Å². The minimum absolute atomic E-state index is 0.0143. The van der Waals surface area contributed by atoms with Gasteiger partial charge in [-0.15, -0.1) is 0 Å². The number of halogens is 1. The van der Waals surface area contributed by atoms with E-state index in [-0.39, 0.29) is 12.5 Å². The molecule has 1 aliphatic heterocycles. The molecule has 1 heterocycles. The van der Waals surface area contributed by atoms with Crippen LogP contribution in [0.5, 0.6) is 17.2 Å². The van der Waals surface area contributed by atoms with Gasteiger partial charge in [-0.3, -0.25) is 5.32 Å². The lowest BCUT2D eigenvalue weighted by atomic mass is 9.78. The van der Waals surface area contributed by atoms with Gasteiger partial charge in [-0.1, -0.05) is 19.9 Å². The average Bonchev–Trinajstić information content (AvgIpc) is 3.19. The van der Waals surface area contributed by atoms with Gasteiger partial charge in [0.05, 0.1) is 0 Å². The molecular formula is C23H24INO7. The number of phenols is 1. The fraction of sp³-hybridized carbons (Fsp3) is 0.304. The molecule has 32 heavy (non-hydrogen) atoms. The summed E-state index contributed by atoms with van der Waals surface area (Å²) in [6.45, 7) is 3.93. The molecule has 0 aliphatic carbocycles. The number of hydrogen-bond donors (Lipinski definition) is 3. The summed E-state index contributed by atoms with van der Waals surface area (Å²) in [7, 11) is 0. The maximum atomic E-state index is 12.8. The second-order valence-corrected chi connectivity index (χ2v) is 9.20. The number of carbonyl (C=O) groups excluding carboxylic acids is 1. The Hall–Kier alpha value is -2.95. The molecule has 0 spiro atoms. The molecule has 0 saturated heterocycles. The smallest absolute Gasteiger partial charge is 0.412 e. The van der Waals surface area contributed by atoms with E-state index < -0.39 is 23.6 Å². The SMILES string of the molecule is CC(C)(CC/C=C/C(=O)O)[C@@H](OC(=O)Nc1ccc2c(c1)OCO2)c1cc(I)ccc1O. The van der Waals surface area contributed by atoms with Crippen LogP contribution in [0.2, 0.25) is 0 Å². The number of allylic oxidation sites excluding steroid dienone is 1. The lowest BCUT2D eigenvalue weighted by Crippen LogP contribution is -2.29. The zero-order chi connectivity index (χ0) is 23.3. The summed E-state index contributed by atoms with van der Waals surface area (Å²) in [5, 5.41) is 22.0. The van der Waals surface area contributed by atoms with Crippen LogP contribution < -0.4 is 14.8 Å². The van der Waals surface area contributed by atoms with Crippen LogP contribution in [0.3, 0.4) is 0 Å². The van der Waals surface area contributed by atoms with Gasteiger partial charge in [0, 0.05) is 32.4 Å². The third-order valence-electron chi connectivity index (χ3n) is 5.04.